The van der Waals surface area contributed by atoms with Crippen LogP contribution in [0.4, 0.5) is 0 Å². The third-order valence-corrected chi connectivity index (χ3v) is 0.365. The van der Waals surface area contributed by atoms with Crippen molar-refractivity contribution >= 4 is 0 Å². The first-order valence-corrected chi connectivity index (χ1v) is 2.28. The molecule has 0 atom stereocenters. The molecule has 0 heterocycles. The molecule has 0 aromatic heterocycles. The fraction of sp³-hybridized carbons (Fsp3) is 0.333. The van der Waals surface area contributed by atoms with E-state index >= 15 is 0 Å². The Balaban J connectivity index is 0.000000105. The van der Waals surface area contributed by atoms with E-state index in [1.54, 1.807) is 0 Å². The molecule has 1 heteroatoms. The number of aliphatic hydroxyl groups excluding tert-OH is 1. The summed E-state index contributed by atoms with van der Waals surface area (Å²) < 4.78 is 0. The molecule has 0 fully saturated rings. The molecule has 1 N–H and O–H groups in total. The summed E-state index contributed by atoms with van der Waals surface area (Å²) in [6, 6.07) is 0. The van der Waals surface area contributed by atoms with Crippen LogP contribution in [0.1, 0.15) is 6.42 Å². The van der Waals surface area contributed by atoms with Gasteiger partial charge in [-0.3, -0.25) is 0 Å². The van der Waals surface area contributed by atoms with Crippen LogP contribution >= 0.6 is 0 Å². The van der Waals surface area contributed by atoms with Crippen LogP contribution in [0, 0.1) is 0 Å². The Kier molecular flexibility index (Phi) is 5.00. The SMILES string of the molecule is C1=CC1.C=CCO. The monoisotopic (exact) mass is 98.1 g/mol. The van der Waals surface area contributed by atoms with Gasteiger partial charge in [0.2, 0.25) is 0 Å². The maximum Gasteiger partial charge on any atom is 0.0609 e. The van der Waals surface area contributed by atoms with Crippen LogP contribution in [0.3, 0.4) is 0 Å². The Morgan fingerprint density at radius 1 is 1.71 bits per heavy atom. The first-order valence-electron chi connectivity index (χ1n) is 2.28. The summed E-state index contributed by atoms with van der Waals surface area (Å²) in [4.78, 5) is 0. The van der Waals surface area contributed by atoms with E-state index < -0.39 is 0 Å². The van der Waals surface area contributed by atoms with Crippen LogP contribution in [0.5, 0.6) is 0 Å². The highest BCUT2D eigenvalue weighted by atomic mass is 16.2. The van der Waals surface area contributed by atoms with Crippen molar-refractivity contribution < 1.29 is 5.11 Å². The van der Waals surface area contributed by atoms with Crippen molar-refractivity contribution in [3.8, 4) is 0 Å². The van der Waals surface area contributed by atoms with Gasteiger partial charge in [-0.2, -0.15) is 0 Å². The Bertz CT molecular complexity index is 60.6. The maximum absolute atomic E-state index is 7.76. The minimum atomic E-state index is 0.0833. The van der Waals surface area contributed by atoms with Crippen molar-refractivity contribution in [3.63, 3.8) is 0 Å². The Labute approximate surface area is 44.0 Å². The highest BCUT2D eigenvalue weighted by Crippen LogP contribution is 1.96. The first-order chi connectivity index (χ1) is 3.41. The van der Waals surface area contributed by atoms with Gasteiger partial charge in [0.25, 0.3) is 0 Å². The van der Waals surface area contributed by atoms with Gasteiger partial charge in [-0.05, 0) is 6.42 Å². The second-order valence-electron chi connectivity index (χ2n) is 1.18. The van der Waals surface area contributed by atoms with Gasteiger partial charge in [0.1, 0.15) is 0 Å². The molecule has 1 aliphatic carbocycles. The van der Waals surface area contributed by atoms with E-state index in [9.17, 15) is 0 Å². The maximum atomic E-state index is 7.76. The average molecular weight is 98.1 g/mol. The van der Waals surface area contributed by atoms with Crippen molar-refractivity contribution in [2.24, 2.45) is 0 Å². The van der Waals surface area contributed by atoms with Crippen molar-refractivity contribution in [1.82, 2.24) is 0 Å². The molecule has 0 aromatic carbocycles. The Morgan fingerprint density at radius 2 is 2.00 bits per heavy atom. The summed E-state index contributed by atoms with van der Waals surface area (Å²) in [6.07, 6.45) is 6.93. The molecule has 0 saturated carbocycles. The molecule has 0 radical (unpaired) electrons. The summed E-state index contributed by atoms with van der Waals surface area (Å²) >= 11 is 0. The predicted molar refractivity (Wildman–Crippen MR) is 31.0 cm³/mol. The number of rotatable bonds is 1. The predicted octanol–water partition coefficient (Wildman–Crippen LogP) is 1.11. The molecule has 7 heavy (non-hydrogen) atoms. The Morgan fingerprint density at radius 3 is 2.00 bits per heavy atom. The zero-order chi connectivity index (χ0) is 5.54. The number of hydrogen-bond acceptors (Lipinski definition) is 1. The minimum Gasteiger partial charge on any atom is -0.392 e. The molecule has 0 aromatic rings. The van der Waals surface area contributed by atoms with E-state index in [1.165, 1.54) is 12.5 Å². The van der Waals surface area contributed by atoms with Gasteiger partial charge in [0.15, 0.2) is 0 Å². The largest absolute Gasteiger partial charge is 0.392 e. The van der Waals surface area contributed by atoms with E-state index in [1.807, 2.05) is 0 Å². The lowest BCUT2D eigenvalue weighted by atomic mass is 10.7. The Hall–Kier alpha value is -0.560. The van der Waals surface area contributed by atoms with Crippen molar-refractivity contribution in [1.29, 1.82) is 0 Å². The van der Waals surface area contributed by atoms with Crippen LogP contribution < -0.4 is 0 Å². The van der Waals surface area contributed by atoms with E-state index in [2.05, 4.69) is 18.7 Å². The topological polar surface area (TPSA) is 20.2 Å². The third-order valence-electron chi connectivity index (χ3n) is 0.365. The van der Waals surface area contributed by atoms with Gasteiger partial charge in [0.05, 0.1) is 6.61 Å². The van der Waals surface area contributed by atoms with Crippen LogP contribution in [-0.2, 0) is 0 Å². The molecule has 1 nitrogen and oxygen atoms in total. The first kappa shape index (κ1) is 6.44. The summed E-state index contributed by atoms with van der Waals surface area (Å²) in [7, 11) is 0. The highest BCUT2D eigenvalue weighted by molar-refractivity contribution is 5.02. The second kappa shape index (κ2) is 5.44. The second-order valence-corrected chi connectivity index (χ2v) is 1.18. The van der Waals surface area contributed by atoms with Crippen LogP contribution in [0.2, 0.25) is 0 Å². The molecule has 1 rings (SSSR count). The van der Waals surface area contributed by atoms with E-state index in [0.717, 1.165) is 0 Å². The molecule has 1 aliphatic rings. The molecule has 40 valence electrons. The molecular formula is C6H10O. The molecule has 0 aliphatic heterocycles. The lowest BCUT2D eigenvalue weighted by molar-refractivity contribution is 0.343. The molecule has 0 spiro atoms. The highest BCUT2D eigenvalue weighted by Gasteiger charge is 1.75. The average Bonchev–Trinajstić information content (AvgIpc) is 2.47. The molecular weight excluding hydrogens is 88.1 g/mol. The zero-order valence-corrected chi connectivity index (χ0v) is 4.30. The van der Waals surface area contributed by atoms with Crippen molar-refractivity contribution in [3.05, 3.63) is 24.8 Å². The van der Waals surface area contributed by atoms with Crippen molar-refractivity contribution in [2.45, 2.75) is 6.42 Å². The van der Waals surface area contributed by atoms with E-state index in [0.29, 0.717) is 0 Å². The quantitative estimate of drug-likeness (QED) is 0.487. The van der Waals surface area contributed by atoms with Gasteiger partial charge in [-0.1, -0.05) is 18.2 Å². The van der Waals surface area contributed by atoms with E-state index in [4.69, 9.17) is 5.11 Å². The lowest BCUT2D eigenvalue weighted by Crippen LogP contribution is -1.62. The smallest absolute Gasteiger partial charge is 0.0609 e. The van der Waals surface area contributed by atoms with Crippen molar-refractivity contribution in [2.75, 3.05) is 6.61 Å². The third kappa shape index (κ3) is 31.0. The van der Waals surface area contributed by atoms with Crippen LogP contribution in [0.15, 0.2) is 24.8 Å². The molecule has 0 unspecified atom stereocenters. The van der Waals surface area contributed by atoms with Gasteiger partial charge in [-0.15, -0.1) is 6.58 Å². The number of hydrogen-bond donors (Lipinski definition) is 1. The summed E-state index contributed by atoms with van der Waals surface area (Å²) in [5, 5.41) is 7.76. The van der Waals surface area contributed by atoms with Gasteiger partial charge in [0, 0.05) is 0 Å². The molecule has 0 bridgehead atoms. The van der Waals surface area contributed by atoms with Crippen LogP contribution in [-0.4, -0.2) is 11.7 Å². The molecule has 0 saturated heterocycles. The minimum absolute atomic E-state index is 0.0833. The lowest BCUT2D eigenvalue weighted by Gasteiger charge is -1.60. The fourth-order valence-corrected chi connectivity index (χ4v) is 0. The summed E-state index contributed by atoms with van der Waals surface area (Å²) in [5.41, 5.74) is 0. The molecule has 0 amide bonds. The standard InChI is InChI=1S/C3H6O.C3H4/c1-2-3-4;1-2-3-1/h2,4H,1,3H2;1-2H,3H2. The van der Waals surface area contributed by atoms with Gasteiger partial charge < -0.3 is 5.11 Å². The zero-order valence-electron chi connectivity index (χ0n) is 4.30. The van der Waals surface area contributed by atoms with Gasteiger partial charge >= 0.3 is 0 Å². The van der Waals surface area contributed by atoms with E-state index in [-0.39, 0.29) is 6.61 Å². The summed E-state index contributed by atoms with van der Waals surface area (Å²) in [5.74, 6) is 0. The van der Waals surface area contributed by atoms with Crippen LogP contribution in [0.25, 0.3) is 0 Å². The van der Waals surface area contributed by atoms with Gasteiger partial charge in [-0.25, -0.2) is 0 Å². The fourth-order valence-electron chi connectivity index (χ4n) is 0. The number of allylic oxidation sites excluding steroid dienone is 2. The normalized spacial score (nSPS) is 11.6. The number of aliphatic hydroxyl groups is 1. The summed E-state index contributed by atoms with van der Waals surface area (Å²) in [6.45, 7) is 3.31.